The molecular weight excluding hydrogens is 180 g/mol. The molecule has 1 aliphatic rings. The molecule has 0 aromatic carbocycles. The van der Waals surface area contributed by atoms with Crippen LogP contribution < -0.4 is 0 Å². The van der Waals surface area contributed by atoms with Crippen LogP contribution in [-0.2, 0) is 9.53 Å². The number of hydrogen-bond donors (Lipinski definition) is 1. The fourth-order valence-corrected chi connectivity index (χ4v) is 1.32. The fourth-order valence-electron chi connectivity index (χ4n) is 1.24. The minimum absolute atomic E-state index is 0.179. The van der Waals surface area contributed by atoms with Crippen LogP contribution >= 0.6 is 11.6 Å². The lowest BCUT2D eigenvalue weighted by Gasteiger charge is -2.24. The molecule has 0 aliphatic heterocycles. The second-order valence-corrected chi connectivity index (χ2v) is 3.60. The first-order valence-electron chi connectivity index (χ1n) is 4.04. The Morgan fingerprint density at radius 1 is 1.75 bits per heavy atom. The highest BCUT2D eigenvalue weighted by molar-refractivity contribution is 6.18. The molecule has 0 amide bonds. The molecular formula is C8H13ClO3. The van der Waals surface area contributed by atoms with Crippen LogP contribution in [0, 0.1) is 5.92 Å². The van der Waals surface area contributed by atoms with Crippen LogP contribution in [0.3, 0.4) is 0 Å². The van der Waals surface area contributed by atoms with Gasteiger partial charge in [0.25, 0.3) is 0 Å². The molecule has 0 spiro atoms. The number of carbonyl (C=O) groups is 1. The van der Waals surface area contributed by atoms with E-state index in [2.05, 4.69) is 0 Å². The molecule has 0 bridgehead atoms. The van der Waals surface area contributed by atoms with Gasteiger partial charge in [-0.2, -0.15) is 0 Å². The molecule has 3 nitrogen and oxygen atoms in total. The predicted octanol–water partition coefficient (Wildman–Crippen LogP) is 1.50. The number of alkyl halides is 1. The van der Waals surface area contributed by atoms with Gasteiger partial charge in [-0.3, -0.25) is 0 Å². The summed E-state index contributed by atoms with van der Waals surface area (Å²) in [5.41, 5.74) is -1.01. The van der Waals surface area contributed by atoms with Gasteiger partial charge in [0.05, 0.1) is 6.61 Å². The number of hydrogen-bond acceptors (Lipinski definition) is 2. The van der Waals surface area contributed by atoms with Crippen molar-refractivity contribution >= 4 is 17.6 Å². The van der Waals surface area contributed by atoms with Crippen LogP contribution in [0.5, 0.6) is 0 Å². The highest BCUT2D eigenvalue weighted by Crippen LogP contribution is 2.41. The van der Waals surface area contributed by atoms with E-state index < -0.39 is 11.6 Å². The van der Waals surface area contributed by atoms with Crippen LogP contribution in [0.4, 0.5) is 0 Å². The second-order valence-electron chi connectivity index (χ2n) is 3.22. The maximum Gasteiger partial charge on any atom is 0.335 e. The van der Waals surface area contributed by atoms with Crippen molar-refractivity contribution in [2.75, 3.05) is 12.5 Å². The lowest BCUT2D eigenvalue weighted by Crippen LogP contribution is -2.41. The smallest absolute Gasteiger partial charge is 0.335 e. The third-order valence-corrected chi connectivity index (χ3v) is 2.41. The maximum absolute atomic E-state index is 10.8. The molecule has 1 rings (SSSR count). The molecule has 1 N–H and O–H groups in total. The molecule has 0 saturated heterocycles. The van der Waals surface area contributed by atoms with Crippen molar-refractivity contribution in [2.45, 2.75) is 25.4 Å². The summed E-state index contributed by atoms with van der Waals surface area (Å²) in [4.78, 5) is 10.8. The van der Waals surface area contributed by atoms with Crippen LogP contribution in [0.15, 0.2) is 0 Å². The quantitative estimate of drug-likeness (QED) is 0.672. The minimum atomic E-state index is -1.01. The maximum atomic E-state index is 10.8. The van der Waals surface area contributed by atoms with Crippen molar-refractivity contribution in [3.05, 3.63) is 0 Å². The predicted molar refractivity (Wildman–Crippen MR) is 45.4 cm³/mol. The lowest BCUT2D eigenvalue weighted by molar-refractivity contribution is -0.165. The first-order chi connectivity index (χ1) is 5.61. The summed E-state index contributed by atoms with van der Waals surface area (Å²) in [5, 5.41) is 8.90. The van der Waals surface area contributed by atoms with E-state index in [0.29, 0.717) is 12.5 Å². The standard InChI is InChI=1S/C8H13ClO3/c1-8(7(10)11,6-2-3-6)12-5-4-9/h6H,2-5H2,1H3,(H,10,11). The summed E-state index contributed by atoms with van der Waals surface area (Å²) in [7, 11) is 0. The zero-order valence-electron chi connectivity index (χ0n) is 7.05. The van der Waals surface area contributed by atoms with E-state index in [1.807, 2.05) is 0 Å². The number of carboxylic acids is 1. The van der Waals surface area contributed by atoms with Gasteiger partial charge < -0.3 is 9.84 Å². The summed E-state index contributed by atoms with van der Waals surface area (Å²) >= 11 is 5.42. The average Bonchev–Trinajstić information content (AvgIpc) is 2.82. The molecule has 0 heterocycles. The molecule has 0 aromatic rings. The number of rotatable bonds is 5. The summed E-state index contributed by atoms with van der Waals surface area (Å²) < 4.78 is 5.23. The summed E-state index contributed by atoms with van der Waals surface area (Å²) in [6, 6.07) is 0. The van der Waals surface area contributed by atoms with Gasteiger partial charge in [0.2, 0.25) is 0 Å². The van der Waals surface area contributed by atoms with Crippen LogP contribution in [0.25, 0.3) is 0 Å². The topological polar surface area (TPSA) is 46.5 Å². The largest absolute Gasteiger partial charge is 0.479 e. The molecule has 1 saturated carbocycles. The Balaban J connectivity index is 2.52. The normalized spacial score (nSPS) is 21.8. The van der Waals surface area contributed by atoms with Crippen molar-refractivity contribution in [1.29, 1.82) is 0 Å². The Morgan fingerprint density at radius 2 is 2.33 bits per heavy atom. The molecule has 1 unspecified atom stereocenters. The van der Waals surface area contributed by atoms with Gasteiger partial charge in [-0.1, -0.05) is 0 Å². The monoisotopic (exact) mass is 192 g/mol. The Kier molecular flexibility index (Phi) is 2.96. The van der Waals surface area contributed by atoms with Gasteiger partial charge >= 0.3 is 5.97 Å². The van der Waals surface area contributed by atoms with E-state index in [0.717, 1.165) is 12.8 Å². The van der Waals surface area contributed by atoms with Crippen molar-refractivity contribution in [3.8, 4) is 0 Å². The zero-order chi connectivity index (χ0) is 9.19. The van der Waals surface area contributed by atoms with Crippen molar-refractivity contribution < 1.29 is 14.6 Å². The van der Waals surface area contributed by atoms with Crippen molar-refractivity contribution in [3.63, 3.8) is 0 Å². The number of aliphatic carboxylic acids is 1. The Bertz CT molecular complexity index is 179. The SMILES string of the molecule is CC(OCCCl)(C(=O)O)C1CC1. The molecule has 0 aromatic heterocycles. The van der Waals surface area contributed by atoms with Crippen molar-refractivity contribution in [1.82, 2.24) is 0 Å². The summed E-state index contributed by atoms with van der Waals surface area (Å²) in [6.07, 6.45) is 1.90. The molecule has 1 fully saturated rings. The van der Waals surface area contributed by atoms with E-state index in [4.69, 9.17) is 21.4 Å². The van der Waals surface area contributed by atoms with Gasteiger partial charge in [-0.05, 0) is 25.7 Å². The third-order valence-electron chi connectivity index (χ3n) is 2.26. The van der Waals surface area contributed by atoms with Gasteiger partial charge in [0.1, 0.15) is 0 Å². The molecule has 1 atom stereocenters. The van der Waals surface area contributed by atoms with Crippen LogP contribution in [0.1, 0.15) is 19.8 Å². The van der Waals surface area contributed by atoms with Crippen molar-refractivity contribution in [2.24, 2.45) is 5.92 Å². The first kappa shape index (κ1) is 9.81. The molecule has 12 heavy (non-hydrogen) atoms. The van der Waals surface area contributed by atoms with Gasteiger partial charge in [-0.15, -0.1) is 11.6 Å². The zero-order valence-corrected chi connectivity index (χ0v) is 7.80. The first-order valence-corrected chi connectivity index (χ1v) is 4.58. The Morgan fingerprint density at radius 3 is 2.67 bits per heavy atom. The fraction of sp³-hybridized carbons (Fsp3) is 0.875. The van der Waals surface area contributed by atoms with E-state index in [-0.39, 0.29) is 5.92 Å². The Labute approximate surface area is 76.7 Å². The molecule has 1 aliphatic carbocycles. The minimum Gasteiger partial charge on any atom is -0.479 e. The number of halogens is 1. The van der Waals surface area contributed by atoms with E-state index >= 15 is 0 Å². The van der Waals surface area contributed by atoms with Crippen LogP contribution in [0.2, 0.25) is 0 Å². The summed E-state index contributed by atoms with van der Waals surface area (Å²) in [6.45, 7) is 1.93. The van der Waals surface area contributed by atoms with Crippen LogP contribution in [-0.4, -0.2) is 29.2 Å². The molecule has 4 heteroatoms. The summed E-state index contributed by atoms with van der Waals surface area (Å²) in [5.74, 6) is -0.358. The highest BCUT2D eigenvalue weighted by atomic mass is 35.5. The molecule has 70 valence electrons. The third kappa shape index (κ3) is 1.90. The Hall–Kier alpha value is -0.280. The number of ether oxygens (including phenoxy) is 1. The van der Waals surface area contributed by atoms with Gasteiger partial charge in [-0.25, -0.2) is 4.79 Å². The van der Waals surface area contributed by atoms with Gasteiger partial charge in [0.15, 0.2) is 5.60 Å². The number of carboxylic acid groups (broad SMARTS) is 1. The second kappa shape index (κ2) is 3.62. The van der Waals surface area contributed by atoms with E-state index in [1.165, 1.54) is 0 Å². The van der Waals surface area contributed by atoms with E-state index in [1.54, 1.807) is 6.92 Å². The highest BCUT2D eigenvalue weighted by Gasteiger charge is 2.48. The van der Waals surface area contributed by atoms with E-state index in [9.17, 15) is 4.79 Å². The lowest BCUT2D eigenvalue weighted by atomic mass is 10.0. The average molecular weight is 193 g/mol. The van der Waals surface area contributed by atoms with Gasteiger partial charge in [0, 0.05) is 5.88 Å². The molecule has 0 radical (unpaired) electrons.